The molecule has 144 valence electrons. The van der Waals surface area contributed by atoms with Gasteiger partial charge in [0.15, 0.2) is 0 Å². The van der Waals surface area contributed by atoms with Crippen LogP contribution in [0.25, 0.3) is 0 Å². The van der Waals surface area contributed by atoms with E-state index in [4.69, 9.17) is 11.6 Å². The molecule has 2 unspecified atom stereocenters. The molecule has 1 aromatic rings. The average Bonchev–Trinajstić information content (AvgIpc) is 3.04. The minimum absolute atomic E-state index is 0. The molecule has 0 bridgehead atoms. The first-order valence-corrected chi connectivity index (χ1v) is 8.43. The summed E-state index contributed by atoms with van der Waals surface area (Å²) in [6.07, 6.45) is 0.846. The first kappa shape index (κ1) is 22.1. The summed E-state index contributed by atoms with van der Waals surface area (Å²) < 4.78 is 0. The van der Waals surface area contributed by atoms with Gasteiger partial charge in [-0.3, -0.25) is 19.7 Å². The summed E-state index contributed by atoms with van der Waals surface area (Å²) in [6, 6.07) is 2.93. The van der Waals surface area contributed by atoms with Crippen molar-refractivity contribution in [3.63, 3.8) is 0 Å². The maximum atomic E-state index is 12.5. The third kappa shape index (κ3) is 5.55. The molecule has 2 rings (SSSR count). The number of non-ortho nitro benzene ring substituents is 1. The highest BCUT2D eigenvalue weighted by Crippen LogP contribution is 2.22. The Kier molecular flexibility index (Phi) is 8.26. The lowest BCUT2D eigenvalue weighted by molar-refractivity contribution is -0.384. The van der Waals surface area contributed by atoms with E-state index in [1.165, 1.54) is 12.1 Å². The van der Waals surface area contributed by atoms with E-state index in [0.29, 0.717) is 6.54 Å². The van der Waals surface area contributed by atoms with E-state index in [1.54, 1.807) is 0 Å². The van der Waals surface area contributed by atoms with Crippen molar-refractivity contribution in [3.05, 3.63) is 38.9 Å². The molecule has 8 nitrogen and oxygen atoms in total. The van der Waals surface area contributed by atoms with Crippen molar-refractivity contribution in [1.82, 2.24) is 16.0 Å². The van der Waals surface area contributed by atoms with Crippen LogP contribution in [-0.4, -0.2) is 41.9 Å². The third-order valence-electron chi connectivity index (χ3n) is 4.05. The summed E-state index contributed by atoms with van der Waals surface area (Å²) in [6.45, 7) is 5.21. The zero-order valence-corrected chi connectivity index (χ0v) is 16.0. The van der Waals surface area contributed by atoms with Gasteiger partial charge in [0.25, 0.3) is 11.6 Å². The van der Waals surface area contributed by atoms with Gasteiger partial charge in [0, 0.05) is 24.7 Å². The smallest absolute Gasteiger partial charge is 0.270 e. The second kappa shape index (κ2) is 9.70. The number of nitro benzene ring substituents is 1. The molecule has 2 amide bonds. The van der Waals surface area contributed by atoms with Gasteiger partial charge in [0.1, 0.15) is 6.04 Å². The maximum Gasteiger partial charge on any atom is 0.270 e. The van der Waals surface area contributed by atoms with Crippen molar-refractivity contribution in [2.45, 2.75) is 32.4 Å². The van der Waals surface area contributed by atoms with E-state index in [1.807, 2.05) is 13.8 Å². The topological polar surface area (TPSA) is 113 Å². The summed E-state index contributed by atoms with van der Waals surface area (Å²) in [5.74, 6) is -0.927. The first-order valence-electron chi connectivity index (χ1n) is 8.05. The fraction of sp³-hybridized carbons (Fsp3) is 0.500. The van der Waals surface area contributed by atoms with Crippen LogP contribution in [-0.2, 0) is 4.79 Å². The summed E-state index contributed by atoms with van der Waals surface area (Å²) in [5.41, 5.74) is -0.110. The fourth-order valence-electron chi connectivity index (χ4n) is 2.62. The predicted molar refractivity (Wildman–Crippen MR) is 101 cm³/mol. The van der Waals surface area contributed by atoms with E-state index in [0.717, 1.165) is 19.0 Å². The molecule has 1 fully saturated rings. The second-order valence-electron chi connectivity index (χ2n) is 6.31. The number of benzene rings is 1. The van der Waals surface area contributed by atoms with E-state index in [2.05, 4.69) is 16.0 Å². The number of hydrogen-bond donors (Lipinski definition) is 3. The van der Waals surface area contributed by atoms with Crippen LogP contribution >= 0.6 is 24.0 Å². The van der Waals surface area contributed by atoms with Gasteiger partial charge in [-0.05, 0) is 24.9 Å². The molecule has 1 saturated heterocycles. The van der Waals surface area contributed by atoms with Gasteiger partial charge >= 0.3 is 0 Å². The SMILES string of the molecule is CC(C)C(NC(=O)c1ccc([N+](=O)[O-])cc1Cl)C(=O)NC1CCNC1.Cl. The number of carbonyl (C=O) groups is 2. The highest BCUT2D eigenvalue weighted by molar-refractivity contribution is 6.34. The molecule has 1 heterocycles. The zero-order chi connectivity index (χ0) is 18.6. The Morgan fingerprint density at radius 2 is 2.08 bits per heavy atom. The fourth-order valence-corrected chi connectivity index (χ4v) is 2.89. The largest absolute Gasteiger partial charge is 0.350 e. The lowest BCUT2D eigenvalue weighted by Crippen LogP contribution is -2.52. The van der Waals surface area contributed by atoms with E-state index < -0.39 is 16.9 Å². The zero-order valence-electron chi connectivity index (χ0n) is 14.5. The molecule has 3 N–H and O–H groups in total. The maximum absolute atomic E-state index is 12.5. The second-order valence-corrected chi connectivity index (χ2v) is 6.72. The van der Waals surface area contributed by atoms with Crippen LogP contribution in [0.3, 0.4) is 0 Å². The van der Waals surface area contributed by atoms with E-state index in [9.17, 15) is 19.7 Å². The lowest BCUT2D eigenvalue weighted by Gasteiger charge is -2.23. The Morgan fingerprint density at radius 1 is 1.38 bits per heavy atom. The number of amides is 2. The molecule has 0 aliphatic carbocycles. The van der Waals surface area contributed by atoms with Gasteiger partial charge in [-0.2, -0.15) is 0 Å². The van der Waals surface area contributed by atoms with Crippen molar-refractivity contribution in [1.29, 1.82) is 0 Å². The molecule has 1 aliphatic rings. The predicted octanol–water partition coefficient (Wildman–Crippen LogP) is 1.90. The van der Waals surface area contributed by atoms with Crippen molar-refractivity contribution in [2.75, 3.05) is 13.1 Å². The van der Waals surface area contributed by atoms with E-state index >= 15 is 0 Å². The van der Waals surface area contributed by atoms with Crippen LogP contribution in [0.1, 0.15) is 30.6 Å². The van der Waals surface area contributed by atoms with Gasteiger partial charge in [0.05, 0.1) is 15.5 Å². The van der Waals surface area contributed by atoms with Crippen LogP contribution in [0.4, 0.5) is 5.69 Å². The number of halogens is 2. The van der Waals surface area contributed by atoms with Crippen molar-refractivity contribution >= 4 is 41.5 Å². The number of nitrogens with zero attached hydrogens (tertiary/aromatic N) is 1. The van der Waals surface area contributed by atoms with Crippen molar-refractivity contribution in [2.24, 2.45) is 5.92 Å². The third-order valence-corrected chi connectivity index (χ3v) is 4.36. The van der Waals surface area contributed by atoms with Crippen LogP contribution < -0.4 is 16.0 Å². The average molecular weight is 405 g/mol. The highest BCUT2D eigenvalue weighted by Gasteiger charge is 2.28. The van der Waals surface area contributed by atoms with Crippen molar-refractivity contribution in [3.8, 4) is 0 Å². The molecule has 0 spiro atoms. The monoisotopic (exact) mass is 404 g/mol. The molecule has 2 atom stereocenters. The molecular weight excluding hydrogens is 383 g/mol. The number of rotatable bonds is 6. The number of carbonyl (C=O) groups excluding carboxylic acids is 2. The molecule has 0 aromatic heterocycles. The van der Waals surface area contributed by atoms with Crippen LogP contribution in [0.5, 0.6) is 0 Å². The molecule has 1 aromatic carbocycles. The Hall–Kier alpha value is -1.90. The lowest BCUT2D eigenvalue weighted by atomic mass is 10.0. The van der Waals surface area contributed by atoms with Crippen LogP contribution in [0, 0.1) is 16.0 Å². The Labute approximate surface area is 162 Å². The molecule has 26 heavy (non-hydrogen) atoms. The molecule has 1 aliphatic heterocycles. The molecule has 0 saturated carbocycles. The Morgan fingerprint density at radius 3 is 2.58 bits per heavy atom. The first-order chi connectivity index (χ1) is 11.8. The van der Waals surface area contributed by atoms with E-state index in [-0.39, 0.29) is 46.5 Å². The van der Waals surface area contributed by atoms with Crippen molar-refractivity contribution < 1.29 is 14.5 Å². The summed E-state index contributed by atoms with van der Waals surface area (Å²) in [7, 11) is 0. The number of nitrogens with one attached hydrogen (secondary N) is 3. The minimum Gasteiger partial charge on any atom is -0.350 e. The van der Waals surface area contributed by atoms with Crippen LogP contribution in [0.2, 0.25) is 5.02 Å². The quantitative estimate of drug-likeness (QED) is 0.494. The number of nitro groups is 1. The number of hydrogen-bond acceptors (Lipinski definition) is 5. The molecule has 10 heteroatoms. The minimum atomic E-state index is -0.723. The van der Waals surface area contributed by atoms with Gasteiger partial charge in [-0.25, -0.2) is 0 Å². The summed E-state index contributed by atoms with van der Waals surface area (Å²) in [5, 5.41) is 19.5. The molecule has 0 radical (unpaired) electrons. The summed E-state index contributed by atoms with van der Waals surface area (Å²) >= 11 is 5.97. The normalized spacial score (nSPS) is 17.3. The molecular formula is C16H22Cl2N4O4. The van der Waals surface area contributed by atoms with Gasteiger partial charge in [-0.1, -0.05) is 25.4 Å². The van der Waals surface area contributed by atoms with Gasteiger partial charge in [-0.15, -0.1) is 12.4 Å². The van der Waals surface area contributed by atoms with Gasteiger partial charge in [0.2, 0.25) is 5.91 Å². The van der Waals surface area contributed by atoms with Crippen LogP contribution in [0.15, 0.2) is 18.2 Å². The standard InChI is InChI=1S/C16H21ClN4O4.ClH/c1-9(2)14(16(23)19-10-5-6-18-8-10)20-15(22)12-4-3-11(21(24)25)7-13(12)17;/h3-4,7,9-10,14,18H,5-6,8H2,1-2H3,(H,19,23)(H,20,22);1H. The Bertz CT molecular complexity index is 678. The summed E-state index contributed by atoms with van der Waals surface area (Å²) in [4.78, 5) is 35.1. The van der Waals surface area contributed by atoms with Gasteiger partial charge < -0.3 is 16.0 Å². The Balaban J connectivity index is 0.00000338. The highest BCUT2D eigenvalue weighted by atomic mass is 35.5.